The van der Waals surface area contributed by atoms with E-state index in [1.165, 1.54) is 6.20 Å². The Hall–Kier alpha value is -3.95. The Labute approximate surface area is 189 Å². The van der Waals surface area contributed by atoms with E-state index in [9.17, 15) is 14.0 Å². The molecule has 3 heterocycles. The number of piperidine rings is 1. The number of halogens is 1. The van der Waals surface area contributed by atoms with Crippen LogP contribution < -0.4 is 10.2 Å². The van der Waals surface area contributed by atoms with Gasteiger partial charge in [-0.2, -0.15) is 4.39 Å². The zero-order valence-electron chi connectivity index (χ0n) is 17.9. The molecule has 0 aliphatic carbocycles. The minimum Gasteiger partial charge on any atom is -0.481 e. The molecule has 1 amide bonds. The van der Waals surface area contributed by atoms with Crippen LogP contribution in [-0.2, 0) is 9.53 Å². The molecule has 1 unspecified atom stereocenters. The number of amides is 1. The van der Waals surface area contributed by atoms with Gasteiger partial charge in [-0.05, 0) is 42.6 Å². The summed E-state index contributed by atoms with van der Waals surface area (Å²) in [5, 5.41) is 14.8. The fourth-order valence-corrected chi connectivity index (χ4v) is 3.72. The first-order valence-electron chi connectivity index (χ1n) is 10.5. The predicted octanol–water partition coefficient (Wildman–Crippen LogP) is 4.49. The molecular weight excluding hydrogens is 431 g/mol. The van der Waals surface area contributed by atoms with Crippen LogP contribution in [0.4, 0.5) is 20.7 Å². The second kappa shape index (κ2) is 9.68. The quantitative estimate of drug-likeness (QED) is 0.560. The van der Waals surface area contributed by atoms with Crippen LogP contribution in [0, 0.1) is 11.9 Å². The van der Waals surface area contributed by atoms with Gasteiger partial charge in [-0.25, -0.2) is 9.78 Å². The number of carboxylic acids is 1. The molecule has 0 spiro atoms. The molecule has 4 rings (SSSR count). The summed E-state index contributed by atoms with van der Waals surface area (Å²) >= 11 is 0. The van der Waals surface area contributed by atoms with Crippen molar-refractivity contribution < 1.29 is 28.3 Å². The number of hydrogen-bond acceptors (Lipinski definition) is 7. The van der Waals surface area contributed by atoms with Crippen molar-refractivity contribution in [2.24, 2.45) is 5.92 Å². The van der Waals surface area contributed by atoms with Crippen molar-refractivity contribution >= 4 is 23.6 Å². The Morgan fingerprint density at radius 2 is 1.94 bits per heavy atom. The number of aromatic nitrogens is 2. The molecule has 1 atom stereocenters. The van der Waals surface area contributed by atoms with Crippen molar-refractivity contribution in [3.8, 4) is 11.3 Å². The number of benzene rings is 1. The molecule has 172 valence electrons. The number of rotatable bonds is 6. The number of carboxylic acid groups (broad SMARTS) is 1. The van der Waals surface area contributed by atoms with Gasteiger partial charge in [0.2, 0.25) is 0 Å². The lowest BCUT2D eigenvalue weighted by Crippen LogP contribution is -2.36. The molecule has 33 heavy (non-hydrogen) atoms. The molecule has 10 heteroatoms. The summed E-state index contributed by atoms with van der Waals surface area (Å²) in [5.74, 6) is -1.40. The molecule has 1 aliphatic rings. The van der Waals surface area contributed by atoms with Crippen LogP contribution in [0.1, 0.15) is 31.4 Å². The topological polar surface area (TPSA) is 118 Å². The lowest BCUT2D eigenvalue weighted by atomic mass is 9.97. The third kappa shape index (κ3) is 5.11. The van der Waals surface area contributed by atoms with Crippen LogP contribution >= 0.6 is 0 Å². The van der Waals surface area contributed by atoms with Gasteiger partial charge in [-0.15, -0.1) is 0 Å². The molecule has 2 aromatic heterocycles. The highest BCUT2D eigenvalue weighted by atomic mass is 19.1. The average Bonchev–Trinajstić information content (AvgIpc) is 3.19. The average molecular weight is 454 g/mol. The molecule has 0 saturated carbocycles. The van der Waals surface area contributed by atoms with Gasteiger partial charge in [0.05, 0.1) is 5.92 Å². The SMILES string of the molecule is CC(OC(=O)Nc1c(F)noc1-c1ccc(N2CCC(C(=O)O)CC2)nc1)c1ccccc1. The van der Waals surface area contributed by atoms with E-state index in [0.717, 1.165) is 5.56 Å². The number of anilines is 2. The van der Waals surface area contributed by atoms with Crippen molar-refractivity contribution in [2.75, 3.05) is 23.3 Å². The second-order valence-corrected chi connectivity index (χ2v) is 7.77. The Morgan fingerprint density at radius 3 is 2.58 bits per heavy atom. The van der Waals surface area contributed by atoms with Gasteiger partial charge in [0.1, 0.15) is 17.6 Å². The number of aliphatic carboxylic acids is 1. The number of pyridine rings is 1. The summed E-state index contributed by atoms with van der Waals surface area (Å²) in [4.78, 5) is 29.8. The first-order chi connectivity index (χ1) is 15.9. The Bertz CT molecular complexity index is 1110. The van der Waals surface area contributed by atoms with Gasteiger partial charge >= 0.3 is 12.1 Å². The van der Waals surface area contributed by atoms with Crippen LogP contribution in [0.25, 0.3) is 11.3 Å². The van der Waals surface area contributed by atoms with Crippen LogP contribution in [0.15, 0.2) is 53.2 Å². The first kappa shape index (κ1) is 22.3. The van der Waals surface area contributed by atoms with Crippen molar-refractivity contribution in [3.63, 3.8) is 0 Å². The number of carbonyl (C=O) groups is 2. The zero-order chi connectivity index (χ0) is 23.4. The van der Waals surface area contributed by atoms with Crippen molar-refractivity contribution in [3.05, 3.63) is 60.2 Å². The molecule has 2 N–H and O–H groups in total. The van der Waals surface area contributed by atoms with Gasteiger partial charge in [0, 0.05) is 24.8 Å². The van der Waals surface area contributed by atoms with E-state index in [1.807, 2.05) is 35.2 Å². The van der Waals surface area contributed by atoms with E-state index in [-0.39, 0.29) is 17.4 Å². The summed E-state index contributed by atoms with van der Waals surface area (Å²) in [6, 6.07) is 12.6. The third-order valence-electron chi connectivity index (χ3n) is 5.61. The Kier molecular flexibility index (Phi) is 6.53. The highest BCUT2D eigenvalue weighted by Crippen LogP contribution is 2.32. The van der Waals surface area contributed by atoms with Gasteiger partial charge in [0.25, 0.3) is 5.95 Å². The minimum absolute atomic E-state index is 0.0143. The number of nitrogens with one attached hydrogen (secondary N) is 1. The molecule has 9 nitrogen and oxygen atoms in total. The summed E-state index contributed by atoms with van der Waals surface area (Å²) < 4.78 is 24.6. The summed E-state index contributed by atoms with van der Waals surface area (Å²) in [7, 11) is 0. The first-order valence-corrected chi connectivity index (χ1v) is 10.5. The fourth-order valence-electron chi connectivity index (χ4n) is 3.72. The molecule has 1 fully saturated rings. The normalized spacial score (nSPS) is 15.2. The fraction of sp³-hybridized carbons (Fsp3) is 0.304. The van der Waals surface area contributed by atoms with Crippen molar-refractivity contribution in [1.29, 1.82) is 0 Å². The zero-order valence-corrected chi connectivity index (χ0v) is 17.9. The van der Waals surface area contributed by atoms with Crippen molar-refractivity contribution in [2.45, 2.75) is 25.9 Å². The second-order valence-electron chi connectivity index (χ2n) is 7.77. The Balaban J connectivity index is 1.43. The molecule has 1 aromatic carbocycles. The standard InChI is InChI=1S/C23H23FN4O5/c1-14(15-5-3-2-4-6-15)32-23(31)26-19-20(33-27-21(19)24)17-7-8-18(25-13-17)28-11-9-16(10-12-28)22(29)30/h2-8,13-14,16H,9-12H2,1H3,(H,26,31)(H,29,30). The van der Waals surface area contributed by atoms with Crippen LogP contribution in [0.2, 0.25) is 0 Å². The largest absolute Gasteiger partial charge is 0.481 e. The highest BCUT2D eigenvalue weighted by molar-refractivity contribution is 5.89. The molecule has 1 aliphatic heterocycles. The lowest BCUT2D eigenvalue weighted by molar-refractivity contribution is -0.142. The highest BCUT2D eigenvalue weighted by Gasteiger charge is 2.26. The van der Waals surface area contributed by atoms with E-state index in [0.29, 0.717) is 37.3 Å². The van der Waals surface area contributed by atoms with Gasteiger partial charge in [-0.3, -0.25) is 10.1 Å². The third-order valence-corrected chi connectivity index (χ3v) is 5.61. The predicted molar refractivity (Wildman–Crippen MR) is 117 cm³/mol. The number of ether oxygens (including phenoxy) is 1. The lowest BCUT2D eigenvalue weighted by Gasteiger charge is -2.30. The van der Waals surface area contributed by atoms with E-state index >= 15 is 0 Å². The van der Waals surface area contributed by atoms with E-state index in [1.54, 1.807) is 19.1 Å². The van der Waals surface area contributed by atoms with Crippen LogP contribution in [0.3, 0.4) is 0 Å². The molecule has 3 aromatic rings. The molecule has 0 bridgehead atoms. The monoisotopic (exact) mass is 454 g/mol. The van der Waals surface area contributed by atoms with Crippen LogP contribution in [-0.4, -0.2) is 40.4 Å². The van der Waals surface area contributed by atoms with Gasteiger partial charge in [0.15, 0.2) is 5.76 Å². The molecule has 1 saturated heterocycles. The summed E-state index contributed by atoms with van der Waals surface area (Å²) in [5.41, 5.74) is 0.977. The maximum atomic E-state index is 14.2. The smallest absolute Gasteiger partial charge is 0.412 e. The van der Waals surface area contributed by atoms with Crippen LogP contribution in [0.5, 0.6) is 0 Å². The summed E-state index contributed by atoms with van der Waals surface area (Å²) in [6.45, 7) is 2.87. The molecule has 0 radical (unpaired) electrons. The maximum absolute atomic E-state index is 14.2. The Morgan fingerprint density at radius 1 is 1.21 bits per heavy atom. The number of nitrogens with zero attached hydrogens (tertiary/aromatic N) is 3. The number of carbonyl (C=O) groups excluding carboxylic acids is 1. The number of hydrogen-bond donors (Lipinski definition) is 2. The summed E-state index contributed by atoms with van der Waals surface area (Å²) in [6.07, 6.45) is 1.19. The maximum Gasteiger partial charge on any atom is 0.412 e. The van der Waals surface area contributed by atoms with Crippen molar-refractivity contribution in [1.82, 2.24) is 10.1 Å². The van der Waals surface area contributed by atoms with Gasteiger partial charge < -0.3 is 19.3 Å². The van der Waals surface area contributed by atoms with E-state index in [4.69, 9.17) is 14.4 Å². The van der Waals surface area contributed by atoms with E-state index < -0.39 is 24.1 Å². The minimum atomic E-state index is -0.978. The van der Waals surface area contributed by atoms with Gasteiger partial charge in [-0.1, -0.05) is 30.3 Å². The molecular formula is C23H23FN4O5. The van der Waals surface area contributed by atoms with E-state index in [2.05, 4.69) is 15.5 Å².